The van der Waals surface area contributed by atoms with E-state index >= 15 is 0 Å². The minimum absolute atomic E-state index is 0.0823. The van der Waals surface area contributed by atoms with Crippen LogP contribution in [-0.4, -0.2) is 21.1 Å². The molecule has 1 atom stereocenters. The molecule has 0 amide bonds. The minimum atomic E-state index is -0.884. The number of hydrogen-bond donors (Lipinski definition) is 1. The third kappa shape index (κ3) is 2.87. The average molecular weight is 258 g/mol. The summed E-state index contributed by atoms with van der Waals surface area (Å²) in [6.45, 7) is 7.65. The van der Waals surface area contributed by atoms with Gasteiger partial charge in [-0.1, -0.05) is 24.9 Å². The van der Waals surface area contributed by atoms with Crippen molar-refractivity contribution in [2.24, 2.45) is 5.73 Å². The monoisotopic (exact) mass is 257 g/mol. The van der Waals surface area contributed by atoms with Crippen molar-refractivity contribution >= 4 is 17.4 Å². The molecule has 17 heavy (non-hydrogen) atoms. The highest BCUT2D eigenvalue weighted by atomic mass is 35.5. The molecule has 1 rings (SSSR count). The van der Waals surface area contributed by atoms with Gasteiger partial charge in [0.05, 0.1) is 16.8 Å². The molecule has 0 aliphatic carbocycles. The van der Waals surface area contributed by atoms with E-state index in [1.54, 1.807) is 11.6 Å². The van der Waals surface area contributed by atoms with Crippen LogP contribution >= 0.6 is 11.6 Å². The van der Waals surface area contributed by atoms with Gasteiger partial charge in [0.2, 0.25) is 5.78 Å². The lowest BCUT2D eigenvalue weighted by Gasteiger charge is -2.23. The van der Waals surface area contributed by atoms with Crippen molar-refractivity contribution in [3.8, 4) is 0 Å². The minimum Gasteiger partial charge on any atom is -0.319 e. The Kier molecular flexibility index (Phi) is 4.33. The van der Waals surface area contributed by atoms with Gasteiger partial charge in [0.1, 0.15) is 5.69 Å². The van der Waals surface area contributed by atoms with Crippen LogP contribution in [0.25, 0.3) is 0 Å². The smallest absolute Gasteiger partial charge is 0.201 e. The van der Waals surface area contributed by atoms with Crippen LogP contribution in [0.2, 0.25) is 5.02 Å². The molecule has 1 aromatic heterocycles. The molecule has 0 aromatic carbocycles. The van der Waals surface area contributed by atoms with E-state index in [0.29, 0.717) is 17.1 Å². The van der Waals surface area contributed by atoms with E-state index in [1.165, 1.54) is 6.20 Å². The van der Waals surface area contributed by atoms with Crippen LogP contribution in [0.15, 0.2) is 6.20 Å². The predicted octanol–water partition coefficient (Wildman–Crippen LogP) is 2.82. The second-order valence-electron chi connectivity index (χ2n) is 4.88. The number of nitrogens with zero attached hydrogens (tertiary/aromatic N) is 2. The van der Waals surface area contributed by atoms with Crippen LogP contribution in [0.5, 0.6) is 0 Å². The van der Waals surface area contributed by atoms with Gasteiger partial charge in [-0.2, -0.15) is 5.10 Å². The second kappa shape index (κ2) is 5.19. The zero-order chi connectivity index (χ0) is 13.2. The molecule has 0 bridgehead atoms. The molecule has 2 N–H and O–H groups in total. The highest BCUT2D eigenvalue weighted by Gasteiger charge is 2.33. The van der Waals surface area contributed by atoms with Crippen molar-refractivity contribution in [3.05, 3.63) is 16.9 Å². The zero-order valence-electron chi connectivity index (χ0n) is 10.8. The van der Waals surface area contributed by atoms with Gasteiger partial charge in [0, 0.05) is 6.04 Å². The Labute approximate surface area is 107 Å². The lowest BCUT2D eigenvalue weighted by atomic mass is 9.90. The first-order valence-corrected chi connectivity index (χ1v) is 6.25. The molecule has 0 aliphatic rings. The summed E-state index contributed by atoms with van der Waals surface area (Å²) in [5.41, 5.74) is 5.58. The van der Waals surface area contributed by atoms with Gasteiger partial charge in [0.15, 0.2) is 0 Å². The number of ketones is 1. The molecule has 0 aliphatic heterocycles. The Morgan fingerprint density at radius 1 is 1.65 bits per heavy atom. The fourth-order valence-electron chi connectivity index (χ4n) is 1.85. The van der Waals surface area contributed by atoms with Crippen LogP contribution in [0, 0.1) is 0 Å². The van der Waals surface area contributed by atoms with Crippen LogP contribution in [-0.2, 0) is 0 Å². The number of Topliss-reactive ketones (excluding diaryl/α,β-unsaturated/α-hetero) is 1. The number of hydrogen-bond acceptors (Lipinski definition) is 3. The molecular weight excluding hydrogens is 238 g/mol. The van der Waals surface area contributed by atoms with E-state index in [9.17, 15) is 4.79 Å². The van der Waals surface area contributed by atoms with Crippen LogP contribution < -0.4 is 5.73 Å². The molecule has 5 heteroatoms. The Hall–Kier alpha value is -0.870. The Morgan fingerprint density at radius 2 is 2.24 bits per heavy atom. The fraction of sp³-hybridized carbons (Fsp3) is 0.667. The molecule has 96 valence electrons. The molecule has 1 unspecified atom stereocenters. The fourth-order valence-corrected chi connectivity index (χ4v) is 2.06. The Balaban J connectivity index is 3.16. The first-order chi connectivity index (χ1) is 7.81. The molecule has 0 spiro atoms. The van der Waals surface area contributed by atoms with E-state index in [2.05, 4.69) is 5.10 Å². The number of nitrogens with two attached hydrogens (primary N) is 1. The maximum absolute atomic E-state index is 12.4. The maximum Gasteiger partial charge on any atom is 0.201 e. The second-order valence-corrected chi connectivity index (χ2v) is 5.28. The van der Waals surface area contributed by atoms with Crippen LogP contribution in [0.4, 0.5) is 0 Å². The third-order valence-corrected chi connectivity index (χ3v) is 3.02. The average Bonchev–Trinajstić information content (AvgIpc) is 2.58. The molecule has 0 radical (unpaired) electrons. The molecule has 0 saturated heterocycles. The summed E-state index contributed by atoms with van der Waals surface area (Å²) in [5.74, 6) is -0.143. The number of aromatic nitrogens is 2. The molecule has 0 fully saturated rings. The van der Waals surface area contributed by atoms with Gasteiger partial charge in [-0.05, 0) is 27.2 Å². The Bertz CT molecular complexity index is 410. The quantitative estimate of drug-likeness (QED) is 0.825. The summed E-state index contributed by atoms with van der Waals surface area (Å²) < 4.78 is 1.63. The largest absolute Gasteiger partial charge is 0.319 e. The van der Waals surface area contributed by atoms with E-state index in [0.717, 1.165) is 6.42 Å². The van der Waals surface area contributed by atoms with Gasteiger partial charge < -0.3 is 5.73 Å². The highest BCUT2D eigenvalue weighted by Crippen LogP contribution is 2.24. The molecular formula is C12H20ClN3O. The number of rotatable bonds is 5. The van der Waals surface area contributed by atoms with Crippen molar-refractivity contribution in [2.75, 3.05) is 0 Å². The van der Waals surface area contributed by atoms with Gasteiger partial charge >= 0.3 is 0 Å². The SMILES string of the molecule is CCCC(C)(N)C(=O)c1c(Cl)cnn1C(C)C. The summed E-state index contributed by atoms with van der Waals surface area (Å²) in [7, 11) is 0. The molecule has 1 heterocycles. The predicted molar refractivity (Wildman–Crippen MR) is 69.5 cm³/mol. The lowest BCUT2D eigenvalue weighted by Crippen LogP contribution is -2.45. The maximum atomic E-state index is 12.4. The number of carbonyl (C=O) groups excluding carboxylic acids is 1. The van der Waals surface area contributed by atoms with E-state index < -0.39 is 5.54 Å². The van der Waals surface area contributed by atoms with E-state index in [-0.39, 0.29) is 11.8 Å². The summed E-state index contributed by atoms with van der Waals surface area (Å²) in [5, 5.41) is 4.49. The van der Waals surface area contributed by atoms with Gasteiger partial charge in [-0.25, -0.2) is 0 Å². The molecule has 1 aromatic rings. The topological polar surface area (TPSA) is 60.9 Å². The summed E-state index contributed by atoms with van der Waals surface area (Å²) in [6.07, 6.45) is 2.98. The highest BCUT2D eigenvalue weighted by molar-refractivity contribution is 6.34. The Morgan fingerprint density at radius 3 is 2.71 bits per heavy atom. The van der Waals surface area contributed by atoms with Crippen molar-refractivity contribution in [1.82, 2.24) is 9.78 Å². The normalized spacial score (nSPS) is 15.0. The van der Waals surface area contributed by atoms with Crippen molar-refractivity contribution in [3.63, 3.8) is 0 Å². The summed E-state index contributed by atoms with van der Waals surface area (Å²) >= 11 is 6.03. The van der Waals surface area contributed by atoms with Crippen LogP contribution in [0.3, 0.4) is 0 Å². The van der Waals surface area contributed by atoms with Crippen molar-refractivity contribution < 1.29 is 4.79 Å². The summed E-state index contributed by atoms with van der Waals surface area (Å²) in [4.78, 5) is 12.4. The number of halogens is 1. The van der Waals surface area contributed by atoms with Crippen LogP contribution in [0.1, 0.15) is 57.1 Å². The first kappa shape index (κ1) is 14.2. The summed E-state index contributed by atoms with van der Waals surface area (Å²) in [6, 6.07) is 0.0823. The lowest BCUT2D eigenvalue weighted by molar-refractivity contribution is 0.0880. The van der Waals surface area contributed by atoms with E-state index in [4.69, 9.17) is 17.3 Å². The molecule has 4 nitrogen and oxygen atoms in total. The van der Waals surface area contributed by atoms with Gasteiger partial charge in [-0.3, -0.25) is 9.48 Å². The van der Waals surface area contributed by atoms with Gasteiger partial charge in [-0.15, -0.1) is 0 Å². The van der Waals surface area contributed by atoms with Gasteiger partial charge in [0.25, 0.3) is 0 Å². The van der Waals surface area contributed by atoms with Crippen molar-refractivity contribution in [2.45, 2.75) is 52.1 Å². The first-order valence-electron chi connectivity index (χ1n) is 5.88. The van der Waals surface area contributed by atoms with Crippen molar-refractivity contribution in [1.29, 1.82) is 0 Å². The number of carbonyl (C=O) groups is 1. The zero-order valence-corrected chi connectivity index (χ0v) is 11.6. The van der Waals surface area contributed by atoms with E-state index in [1.807, 2.05) is 20.8 Å². The third-order valence-electron chi connectivity index (χ3n) is 2.74. The molecule has 0 saturated carbocycles. The standard InChI is InChI=1S/C12H20ClN3O/c1-5-6-12(4,14)11(17)10-9(13)7-15-16(10)8(2)3/h7-8H,5-6,14H2,1-4H3.